The maximum absolute atomic E-state index is 12.7. The van der Waals surface area contributed by atoms with Crippen LogP contribution in [0.4, 0.5) is 16.2 Å². The molecule has 2 aromatic rings. The maximum Gasteiger partial charge on any atom is 0.415 e. The SMILES string of the molecule is CN(C)[C@H]1CCCN(c2ccc3c(c2)OC[C@H]2[C@H](CNC(=O)c4ccc(Cl)s4)OC(=O)N32)C1. The number of amides is 2. The number of hydrogen-bond donors (Lipinski definition) is 1. The van der Waals surface area contributed by atoms with Gasteiger partial charge in [-0.15, -0.1) is 11.3 Å². The lowest BCUT2D eigenvalue weighted by molar-refractivity contribution is 0.0890. The van der Waals surface area contributed by atoms with E-state index in [1.54, 1.807) is 17.0 Å². The fourth-order valence-corrected chi connectivity index (χ4v) is 5.68. The molecular weight excluding hydrogens is 464 g/mol. The molecule has 0 spiro atoms. The molecule has 1 N–H and O–H groups in total. The molecular formula is C23H27ClN4O4S. The van der Waals surface area contributed by atoms with E-state index in [1.807, 2.05) is 18.2 Å². The van der Waals surface area contributed by atoms with E-state index in [0.29, 0.717) is 33.3 Å². The molecule has 3 aliphatic heterocycles. The molecule has 8 nitrogen and oxygen atoms in total. The Balaban J connectivity index is 1.28. The first-order valence-electron chi connectivity index (χ1n) is 11.1. The van der Waals surface area contributed by atoms with E-state index in [4.69, 9.17) is 21.1 Å². The fourth-order valence-electron chi connectivity index (χ4n) is 4.72. The van der Waals surface area contributed by atoms with Crippen molar-refractivity contribution in [2.75, 3.05) is 50.1 Å². The van der Waals surface area contributed by atoms with E-state index in [2.05, 4.69) is 29.2 Å². The van der Waals surface area contributed by atoms with Gasteiger partial charge in [0, 0.05) is 30.9 Å². The number of carbonyl (C=O) groups is 2. The number of nitrogens with one attached hydrogen (secondary N) is 1. The van der Waals surface area contributed by atoms with Gasteiger partial charge in [0.1, 0.15) is 24.5 Å². The molecule has 4 heterocycles. The summed E-state index contributed by atoms with van der Waals surface area (Å²) < 4.78 is 12.2. The standard InChI is InChI=1S/C23H27ClN4O4S/c1-26(2)15-4-3-9-27(12-15)14-5-6-16-18(10-14)31-13-17-19(32-23(30)28(16)17)11-25-22(29)20-7-8-21(24)33-20/h5-8,10,15,17,19H,3-4,9,11-13H2,1-2H3,(H,25,29)/t15-,17-,19-/m0/s1. The van der Waals surface area contributed by atoms with Gasteiger partial charge in [0.2, 0.25) is 0 Å². The highest BCUT2D eigenvalue weighted by atomic mass is 35.5. The number of carbonyl (C=O) groups excluding carboxylic acids is 2. The summed E-state index contributed by atoms with van der Waals surface area (Å²) >= 11 is 7.12. The number of anilines is 2. The van der Waals surface area contributed by atoms with Crippen molar-refractivity contribution in [2.24, 2.45) is 0 Å². The molecule has 0 bridgehead atoms. The molecule has 3 aliphatic rings. The van der Waals surface area contributed by atoms with Crippen molar-refractivity contribution in [3.8, 4) is 5.75 Å². The summed E-state index contributed by atoms with van der Waals surface area (Å²) in [4.78, 5) is 31.9. The largest absolute Gasteiger partial charge is 0.489 e. The highest BCUT2D eigenvalue weighted by Crippen LogP contribution is 2.41. The zero-order valence-corrected chi connectivity index (χ0v) is 20.2. The first kappa shape index (κ1) is 22.3. The molecule has 0 unspecified atom stereocenters. The van der Waals surface area contributed by atoms with Gasteiger partial charge in [-0.05, 0) is 51.2 Å². The summed E-state index contributed by atoms with van der Waals surface area (Å²) in [6.07, 6.45) is 1.44. The van der Waals surface area contributed by atoms with Crippen molar-refractivity contribution in [3.05, 3.63) is 39.5 Å². The Bertz CT molecular complexity index is 1060. The number of rotatable bonds is 5. The van der Waals surface area contributed by atoms with Crippen molar-refractivity contribution in [1.29, 1.82) is 0 Å². The second-order valence-corrected chi connectivity index (χ2v) is 10.6. The van der Waals surface area contributed by atoms with Crippen LogP contribution in [0, 0.1) is 0 Å². The molecule has 1 aromatic heterocycles. The molecule has 2 fully saturated rings. The summed E-state index contributed by atoms with van der Waals surface area (Å²) in [7, 11) is 4.25. The number of hydrogen-bond acceptors (Lipinski definition) is 7. The van der Waals surface area contributed by atoms with Crippen molar-refractivity contribution in [3.63, 3.8) is 0 Å². The summed E-state index contributed by atoms with van der Waals surface area (Å²) in [5.74, 6) is 0.450. The van der Waals surface area contributed by atoms with Gasteiger partial charge in [0.25, 0.3) is 5.91 Å². The minimum atomic E-state index is -0.493. The van der Waals surface area contributed by atoms with Crippen molar-refractivity contribution < 1.29 is 19.1 Å². The number of likely N-dealkylation sites (N-methyl/N-ethyl adjacent to an activating group) is 1. The monoisotopic (exact) mass is 490 g/mol. The Kier molecular flexibility index (Phi) is 6.11. The minimum absolute atomic E-state index is 0.206. The number of ether oxygens (including phenoxy) is 2. The Hall–Kier alpha value is -2.49. The second-order valence-electron chi connectivity index (χ2n) is 8.84. The summed E-state index contributed by atoms with van der Waals surface area (Å²) in [5, 5.41) is 2.84. The van der Waals surface area contributed by atoms with Gasteiger partial charge in [-0.3, -0.25) is 9.69 Å². The van der Waals surface area contributed by atoms with Gasteiger partial charge in [-0.1, -0.05) is 11.6 Å². The van der Waals surface area contributed by atoms with Crippen LogP contribution in [-0.4, -0.2) is 75.4 Å². The smallest absolute Gasteiger partial charge is 0.415 e. The predicted molar refractivity (Wildman–Crippen MR) is 129 cm³/mol. The van der Waals surface area contributed by atoms with Crippen LogP contribution in [0.5, 0.6) is 5.75 Å². The fraction of sp³-hybridized carbons (Fsp3) is 0.478. The second kappa shape index (κ2) is 9.04. The highest BCUT2D eigenvalue weighted by molar-refractivity contribution is 7.18. The average molecular weight is 491 g/mol. The van der Waals surface area contributed by atoms with Crippen LogP contribution in [0.25, 0.3) is 0 Å². The van der Waals surface area contributed by atoms with Crippen LogP contribution in [0.1, 0.15) is 22.5 Å². The zero-order valence-electron chi connectivity index (χ0n) is 18.6. The van der Waals surface area contributed by atoms with Gasteiger partial charge < -0.3 is 24.6 Å². The highest BCUT2D eigenvalue weighted by Gasteiger charge is 2.46. The molecule has 176 valence electrons. The molecule has 33 heavy (non-hydrogen) atoms. The lowest BCUT2D eigenvalue weighted by atomic mass is 10.0. The number of benzene rings is 1. The summed E-state index contributed by atoms with van der Waals surface area (Å²) in [5.41, 5.74) is 1.81. The molecule has 2 amide bonds. The van der Waals surface area contributed by atoms with E-state index < -0.39 is 12.2 Å². The molecule has 3 atom stereocenters. The first-order valence-corrected chi connectivity index (χ1v) is 12.3. The van der Waals surface area contributed by atoms with Crippen molar-refractivity contribution in [1.82, 2.24) is 10.2 Å². The Labute approximate surface area is 202 Å². The Morgan fingerprint density at radius 2 is 2.15 bits per heavy atom. The number of halogens is 1. The van der Waals surface area contributed by atoms with Gasteiger partial charge in [-0.2, -0.15) is 0 Å². The third-order valence-electron chi connectivity index (χ3n) is 6.57. The molecule has 2 saturated heterocycles. The number of thiophene rings is 1. The summed E-state index contributed by atoms with van der Waals surface area (Å²) in [6, 6.07) is 9.59. The van der Waals surface area contributed by atoms with Gasteiger partial charge in [0.15, 0.2) is 0 Å². The van der Waals surface area contributed by atoms with Crippen LogP contribution in [0.3, 0.4) is 0 Å². The van der Waals surface area contributed by atoms with E-state index in [1.165, 1.54) is 17.8 Å². The van der Waals surface area contributed by atoms with Crippen LogP contribution in [0.15, 0.2) is 30.3 Å². The Morgan fingerprint density at radius 3 is 2.91 bits per heavy atom. The number of fused-ring (bicyclic) bond motifs is 3. The molecule has 0 radical (unpaired) electrons. The third kappa shape index (κ3) is 4.37. The predicted octanol–water partition coefficient (Wildman–Crippen LogP) is 3.45. The van der Waals surface area contributed by atoms with E-state index in [0.717, 1.165) is 25.2 Å². The molecule has 5 rings (SSSR count). The van der Waals surface area contributed by atoms with Gasteiger partial charge >= 0.3 is 6.09 Å². The molecule has 0 saturated carbocycles. The number of nitrogens with zero attached hydrogens (tertiary/aromatic N) is 3. The number of cyclic esters (lactones) is 1. The summed E-state index contributed by atoms with van der Waals surface area (Å²) in [6.45, 7) is 2.50. The zero-order chi connectivity index (χ0) is 23.1. The van der Waals surface area contributed by atoms with Crippen LogP contribution >= 0.6 is 22.9 Å². The average Bonchev–Trinajstić information content (AvgIpc) is 3.40. The Morgan fingerprint density at radius 1 is 1.30 bits per heavy atom. The molecule has 1 aromatic carbocycles. The van der Waals surface area contributed by atoms with Crippen LogP contribution < -0.4 is 19.9 Å². The van der Waals surface area contributed by atoms with Gasteiger partial charge in [-0.25, -0.2) is 4.79 Å². The van der Waals surface area contributed by atoms with E-state index in [-0.39, 0.29) is 18.5 Å². The first-order chi connectivity index (χ1) is 15.9. The normalized spacial score (nSPS) is 24.2. The van der Waals surface area contributed by atoms with E-state index >= 15 is 0 Å². The van der Waals surface area contributed by atoms with Crippen molar-refractivity contribution >= 4 is 46.3 Å². The van der Waals surface area contributed by atoms with Gasteiger partial charge in [0.05, 0.1) is 21.4 Å². The molecule has 10 heteroatoms. The lowest BCUT2D eigenvalue weighted by Crippen LogP contribution is -2.48. The van der Waals surface area contributed by atoms with Crippen LogP contribution in [-0.2, 0) is 4.74 Å². The van der Waals surface area contributed by atoms with Crippen molar-refractivity contribution in [2.45, 2.75) is 31.0 Å². The quantitative estimate of drug-likeness (QED) is 0.692. The van der Waals surface area contributed by atoms with E-state index in [9.17, 15) is 9.59 Å². The lowest BCUT2D eigenvalue weighted by Gasteiger charge is -2.38. The molecule has 0 aliphatic carbocycles. The minimum Gasteiger partial charge on any atom is -0.489 e. The van der Waals surface area contributed by atoms with Crippen LogP contribution in [0.2, 0.25) is 4.34 Å². The third-order valence-corrected chi connectivity index (χ3v) is 7.80. The topological polar surface area (TPSA) is 74.4 Å². The number of piperidine rings is 1. The maximum atomic E-state index is 12.7.